The SMILES string of the molecule is CC12CC3CC(C)(C1)CC(CC(=O)c1ccoc1)(C3)C2. The van der Waals surface area contributed by atoms with Crippen molar-refractivity contribution in [3.63, 3.8) is 0 Å². The molecule has 108 valence electrons. The average molecular weight is 272 g/mol. The van der Waals surface area contributed by atoms with Gasteiger partial charge in [-0.05, 0) is 66.8 Å². The fourth-order valence-electron chi connectivity index (χ4n) is 6.75. The molecule has 1 aromatic rings. The molecule has 0 radical (unpaired) electrons. The summed E-state index contributed by atoms with van der Waals surface area (Å²) in [6.45, 7) is 4.93. The van der Waals surface area contributed by atoms with Gasteiger partial charge in [-0.3, -0.25) is 4.79 Å². The lowest BCUT2D eigenvalue weighted by molar-refractivity contribution is -0.143. The van der Waals surface area contributed by atoms with Gasteiger partial charge in [0.25, 0.3) is 0 Å². The summed E-state index contributed by atoms with van der Waals surface area (Å²) in [5.41, 5.74) is 2.02. The fraction of sp³-hybridized carbons (Fsp3) is 0.722. The highest BCUT2D eigenvalue weighted by Crippen LogP contribution is 2.70. The molecule has 20 heavy (non-hydrogen) atoms. The van der Waals surface area contributed by atoms with Crippen molar-refractivity contribution in [1.29, 1.82) is 0 Å². The first-order chi connectivity index (χ1) is 9.40. The van der Waals surface area contributed by atoms with Crippen LogP contribution in [0.3, 0.4) is 0 Å². The van der Waals surface area contributed by atoms with E-state index in [0.29, 0.717) is 10.8 Å². The van der Waals surface area contributed by atoms with E-state index in [9.17, 15) is 4.79 Å². The van der Waals surface area contributed by atoms with Crippen LogP contribution in [0.4, 0.5) is 0 Å². The Morgan fingerprint density at radius 3 is 2.45 bits per heavy atom. The van der Waals surface area contributed by atoms with Crippen LogP contribution < -0.4 is 0 Å². The maximum Gasteiger partial charge on any atom is 0.166 e. The quantitative estimate of drug-likeness (QED) is 0.736. The Bertz CT molecular complexity index is 524. The van der Waals surface area contributed by atoms with Crippen LogP contribution in [0.25, 0.3) is 0 Å². The van der Waals surface area contributed by atoms with Crippen LogP contribution in [0.15, 0.2) is 23.0 Å². The molecule has 2 unspecified atom stereocenters. The van der Waals surface area contributed by atoms with E-state index in [-0.39, 0.29) is 11.2 Å². The highest BCUT2D eigenvalue weighted by atomic mass is 16.3. The van der Waals surface area contributed by atoms with Crippen LogP contribution in [0.2, 0.25) is 0 Å². The summed E-state index contributed by atoms with van der Waals surface area (Å²) >= 11 is 0. The number of carbonyl (C=O) groups excluding carboxylic acids is 1. The maximum atomic E-state index is 12.5. The largest absolute Gasteiger partial charge is 0.472 e. The summed E-state index contributed by atoms with van der Waals surface area (Å²) < 4.78 is 5.08. The van der Waals surface area contributed by atoms with Gasteiger partial charge in [0.2, 0.25) is 0 Å². The number of furan rings is 1. The maximum absolute atomic E-state index is 12.5. The van der Waals surface area contributed by atoms with Crippen molar-refractivity contribution in [3.05, 3.63) is 24.2 Å². The Hall–Kier alpha value is -1.05. The van der Waals surface area contributed by atoms with Gasteiger partial charge in [0.15, 0.2) is 5.78 Å². The first kappa shape index (κ1) is 12.7. The lowest BCUT2D eigenvalue weighted by Crippen LogP contribution is -2.55. The molecule has 4 saturated carbocycles. The van der Waals surface area contributed by atoms with Gasteiger partial charge in [-0.15, -0.1) is 0 Å². The van der Waals surface area contributed by atoms with E-state index in [2.05, 4.69) is 13.8 Å². The van der Waals surface area contributed by atoms with E-state index in [0.717, 1.165) is 17.9 Å². The van der Waals surface area contributed by atoms with Crippen molar-refractivity contribution in [2.75, 3.05) is 0 Å². The van der Waals surface area contributed by atoms with Gasteiger partial charge in [0.1, 0.15) is 6.26 Å². The molecule has 4 bridgehead atoms. The predicted octanol–water partition coefficient (Wildman–Crippen LogP) is 4.85. The number of ketones is 1. The normalized spacial score (nSPS) is 45.8. The smallest absolute Gasteiger partial charge is 0.166 e. The Morgan fingerprint density at radius 2 is 1.90 bits per heavy atom. The third-order valence-corrected chi connectivity index (χ3v) is 6.12. The van der Waals surface area contributed by atoms with Crippen LogP contribution >= 0.6 is 0 Å². The lowest BCUT2D eigenvalue weighted by Gasteiger charge is -2.65. The van der Waals surface area contributed by atoms with Crippen molar-refractivity contribution in [2.24, 2.45) is 22.2 Å². The van der Waals surface area contributed by atoms with Gasteiger partial charge in [0.05, 0.1) is 11.8 Å². The highest BCUT2D eigenvalue weighted by Gasteiger charge is 2.60. The molecule has 0 saturated heterocycles. The number of hydrogen-bond acceptors (Lipinski definition) is 2. The molecule has 0 spiro atoms. The molecule has 2 heteroatoms. The van der Waals surface area contributed by atoms with E-state index in [1.54, 1.807) is 12.5 Å². The van der Waals surface area contributed by atoms with Crippen molar-refractivity contribution >= 4 is 5.78 Å². The van der Waals surface area contributed by atoms with Crippen molar-refractivity contribution in [3.8, 4) is 0 Å². The minimum absolute atomic E-state index is 0.275. The van der Waals surface area contributed by atoms with Gasteiger partial charge < -0.3 is 4.42 Å². The third kappa shape index (κ3) is 1.88. The van der Waals surface area contributed by atoms with Crippen LogP contribution in [0, 0.1) is 22.2 Å². The highest BCUT2D eigenvalue weighted by molar-refractivity contribution is 5.96. The number of hydrogen-bond donors (Lipinski definition) is 0. The van der Waals surface area contributed by atoms with E-state index >= 15 is 0 Å². The summed E-state index contributed by atoms with van der Waals surface area (Å²) in [5, 5.41) is 0. The first-order valence-corrected chi connectivity index (χ1v) is 7.95. The predicted molar refractivity (Wildman–Crippen MR) is 77.5 cm³/mol. The minimum Gasteiger partial charge on any atom is -0.472 e. The third-order valence-electron chi connectivity index (χ3n) is 6.12. The molecular weight excluding hydrogens is 248 g/mol. The van der Waals surface area contributed by atoms with Crippen LogP contribution in [-0.2, 0) is 0 Å². The molecule has 0 aromatic carbocycles. The monoisotopic (exact) mass is 272 g/mol. The second-order valence-electron chi connectivity index (χ2n) is 8.74. The zero-order valence-corrected chi connectivity index (χ0v) is 12.6. The molecule has 2 nitrogen and oxygen atoms in total. The molecule has 1 aromatic heterocycles. The van der Waals surface area contributed by atoms with Crippen molar-refractivity contribution < 1.29 is 9.21 Å². The van der Waals surface area contributed by atoms with E-state index < -0.39 is 0 Å². The molecule has 5 rings (SSSR count). The molecular formula is C18H24O2. The van der Waals surface area contributed by atoms with E-state index in [1.165, 1.54) is 38.5 Å². The fourth-order valence-corrected chi connectivity index (χ4v) is 6.75. The molecule has 0 amide bonds. The van der Waals surface area contributed by atoms with Crippen LogP contribution in [0.5, 0.6) is 0 Å². The lowest BCUT2D eigenvalue weighted by atomic mass is 9.39. The summed E-state index contributed by atoms with van der Waals surface area (Å²) in [7, 11) is 0. The van der Waals surface area contributed by atoms with Gasteiger partial charge in [0, 0.05) is 6.42 Å². The van der Waals surface area contributed by atoms with Gasteiger partial charge in [-0.2, -0.15) is 0 Å². The molecule has 1 heterocycles. The van der Waals surface area contributed by atoms with Crippen molar-refractivity contribution in [2.45, 2.75) is 58.8 Å². The van der Waals surface area contributed by atoms with Gasteiger partial charge >= 0.3 is 0 Å². The standard InChI is InChI=1S/C18H24O2/c1-16-5-13-6-17(2,10-16)12-18(7-13,11-16)8-15(19)14-3-4-20-9-14/h3-4,9,13H,5-8,10-12H2,1-2H3. The number of rotatable bonds is 3. The first-order valence-electron chi connectivity index (χ1n) is 7.95. The van der Waals surface area contributed by atoms with Crippen molar-refractivity contribution in [1.82, 2.24) is 0 Å². The van der Waals surface area contributed by atoms with Gasteiger partial charge in [-0.1, -0.05) is 13.8 Å². The Morgan fingerprint density at radius 1 is 1.20 bits per heavy atom. The zero-order valence-electron chi connectivity index (χ0n) is 12.6. The Labute approximate surface area is 120 Å². The molecule has 0 aliphatic heterocycles. The van der Waals surface area contributed by atoms with E-state index in [1.807, 2.05) is 6.07 Å². The topological polar surface area (TPSA) is 30.2 Å². The molecule has 0 N–H and O–H groups in total. The Balaban J connectivity index is 1.63. The minimum atomic E-state index is 0.275. The number of carbonyl (C=O) groups is 1. The molecule has 4 aliphatic carbocycles. The number of Topliss-reactive ketones (excluding diaryl/α,β-unsaturated/α-hetero) is 1. The summed E-state index contributed by atoms with van der Waals surface area (Å²) in [5.74, 6) is 1.14. The molecule has 4 fully saturated rings. The van der Waals surface area contributed by atoms with E-state index in [4.69, 9.17) is 4.42 Å². The summed E-state index contributed by atoms with van der Waals surface area (Å²) in [6.07, 6.45) is 11.9. The Kier molecular flexibility index (Phi) is 2.39. The summed E-state index contributed by atoms with van der Waals surface area (Å²) in [6, 6.07) is 1.81. The second kappa shape index (κ2) is 3.78. The van der Waals surface area contributed by atoms with Crippen LogP contribution in [-0.4, -0.2) is 5.78 Å². The van der Waals surface area contributed by atoms with Gasteiger partial charge in [-0.25, -0.2) is 0 Å². The van der Waals surface area contributed by atoms with Crippen LogP contribution in [0.1, 0.15) is 69.2 Å². The second-order valence-corrected chi connectivity index (χ2v) is 8.74. The zero-order chi connectivity index (χ0) is 14.0. The average Bonchev–Trinajstić information content (AvgIpc) is 2.75. The summed E-state index contributed by atoms with van der Waals surface area (Å²) in [4.78, 5) is 12.5. The molecule has 4 aliphatic rings. The molecule has 2 atom stereocenters.